The second kappa shape index (κ2) is 17.4. The predicted octanol–water partition coefficient (Wildman–Crippen LogP) is 6.85. The van der Waals surface area contributed by atoms with E-state index in [0.29, 0.717) is 0 Å². The second-order valence-corrected chi connectivity index (χ2v) is 7.77. The van der Waals surface area contributed by atoms with Gasteiger partial charge in [0.1, 0.15) is 5.82 Å². The first-order valence-corrected chi connectivity index (χ1v) is 11.4. The maximum Gasteiger partial charge on any atom is 0.123 e. The summed E-state index contributed by atoms with van der Waals surface area (Å²) in [6.45, 7) is 3.79. The predicted molar refractivity (Wildman–Crippen MR) is 113 cm³/mol. The monoisotopic (exact) mass is 378 g/mol. The molecule has 1 rings (SSSR count). The lowest BCUT2D eigenvalue weighted by molar-refractivity contribution is 0.164. The minimum Gasteiger partial charge on any atom is -0.381 e. The quantitative estimate of drug-likeness (QED) is 0.244. The molecule has 0 aromatic heterocycles. The Morgan fingerprint density at radius 1 is 0.846 bits per heavy atom. The van der Waals surface area contributed by atoms with Crippen LogP contribution in [0.15, 0.2) is 24.3 Å². The Kier molecular flexibility index (Phi) is 15.5. The fraction of sp³-hybridized carbons (Fsp3) is 0.652. The SMILES string of the molecule is CCOCCSCCCCCCCCCCCC#Cc1ccc(F)cc1. The molecule has 0 N–H and O–H groups in total. The van der Waals surface area contributed by atoms with E-state index in [2.05, 4.69) is 18.8 Å². The van der Waals surface area contributed by atoms with Crippen molar-refractivity contribution in [1.29, 1.82) is 0 Å². The zero-order valence-electron chi connectivity index (χ0n) is 16.4. The number of hydrogen-bond acceptors (Lipinski definition) is 2. The first kappa shape index (κ1) is 23.1. The van der Waals surface area contributed by atoms with Crippen molar-refractivity contribution in [3.8, 4) is 11.8 Å². The van der Waals surface area contributed by atoms with Crippen LogP contribution >= 0.6 is 11.8 Å². The number of thioether (sulfide) groups is 1. The van der Waals surface area contributed by atoms with Crippen molar-refractivity contribution < 1.29 is 9.13 Å². The van der Waals surface area contributed by atoms with Crippen LogP contribution in [0, 0.1) is 17.7 Å². The number of halogens is 1. The summed E-state index contributed by atoms with van der Waals surface area (Å²) in [6, 6.07) is 6.40. The second-order valence-electron chi connectivity index (χ2n) is 6.55. The summed E-state index contributed by atoms with van der Waals surface area (Å²) in [7, 11) is 0. The van der Waals surface area contributed by atoms with E-state index in [1.807, 2.05) is 11.8 Å². The van der Waals surface area contributed by atoms with Crippen LogP contribution in [0.2, 0.25) is 0 Å². The van der Waals surface area contributed by atoms with E-state index in [1.54, 1.807) is 12.1 Å². The van der Waals surface area contributed by atoms with Crippen LogP contribution in [0.1, 0.15) is 76.7 Å². The first-order chi connectivity index (χ1) is 12.8. The van der Waals surface area contributed by atoms with Gasteiger partial charge < -0.3 is 4.74 Å². The van der Waals surface area contributed by atoms with Crippen molar-refractivity contribution >= 4 is 11.8 Å². The van der Waals surface area contributed by atoms with E-state index in [-0.39, 0.29) is 5.82 Å². The molecular formula is C23H35FOS. The summed E-state index contributed by atoms with van der Waals surface area (Å²) in [5.41, 5.74) is 0.902. The highest BCUT2D eigenvalue weighted by Crippen LogP contribution is 2.12. The maximum absolute atomic E-state index is 12.8. The molecule has 0 aliphatic rings. The van der Waals surface area contributed by atoms with E-state index in [4.69, 9.17) is 4.74 Å². The van der Waals surface area contributed by atoms with Crippen molar-refractivity contribution in [3.05, 3.63) is 35.6 Å². The summed E-state index contributed by atoms with van der Waals surface area (Å²) >= 11 is 2.02. The fourth-order valence-corrected chi connectivity index (χ4v) is 3.57. The third-order valence-electron chi connectivity index (χ3n) is 4.24. The molecule has 0 heterocycles. The van der Waals surface area contributed by atoms with E-state index < -0.39 is 0 Å². The highest BCUT2D eigenvalue weighted by atomic mass is 32.2. The normalized spacial score (nSPS) is 10.5. The summed E-state index contributed by atoms with van der Waals surface area (Å²) < 4.78 is 18.1. The van der Waals surface area contributed by atoms with E-state index in [9.17, 15) is 4.39 Å². The maximum atomic E-state index is 12.8. The van der Waals surface area contributed by atoms with Gasteiger partial charge in [0.25, 0.3) is 0 Å². The van der Waals surface area contributed by atoms with Gasteiger partial charge in [-0.25, -0.2) is 4.39 Å². The smallest absolute Gasteiger partial charge is 0.123 e. The molecule has 0 amide bonds. The van der Waals surface area contributed by atoms with Crippen LogP contribution in [0.4, 0.5) is 4.39 Å². The third-order valence-corrected chi connectivity index (χ3v) is 5.28. The minimum absolute atomic E-state index is 0.202. The highest BCUT2D eigenvalue weighted by Gasteiger charge is 1.94. The molecule has 0 saturated heterocycles. The van der Waals surface area contributed by atoms with Crippen molar-refractivity contribution in [2.45, 2.75) is 71.1 Å². The number of benzene rings is 1. The largest absolute Gasteiger partial charge is 0.381 e. The van der Waals surface area contributed by atoms with E-state index >= 15 is 0 Å². The molecular weight excluding hydrogens is 343 g/mol. The topological polar surface area (TPSA) is 9.23 Å². The molecule has 0 aliphatic carbocycles. The Hall–Kier alpha value is -0.980. The zero-order valence-corrected chi connectivity index (χ0v) is 17.2. The highest BCUT2D eigenvalue weighted by molar-refractivity contribution is 7.99. The van der Waals surface area contributed by atoms with Crippen molar-refractivity contribution in [3.63, 3.8) is 0 Å². The number of unbranched alkanes of at least 4 members (excludes halogenated alkanes) is 9. The molecule has 0 bridgehead atoms. The van der Waals surface area contributed by atoms with Gasteiger partial charge in [-0.05, 0) is 49.8 Å². The summed E-state index contributed by atoms with van der Waals surface area (Å²) in [5.74, 6) is 8.50. The number of ether oxygens (including phenoxy) is 1. The van der Waals surface area contributed by atoms with Gasteiger partial charge in [0.2, 0.25) is 0 Å². The van der Waals surface area contributed by atoms with Crippen LogP contribution in [0.25, 0.3) is 0 Å². The molecule has 0 saturated carbocycles. The molecule has 3 heteroatoms. The average Bonchev–Trinajstić information content (AvgIpc) is 2.66. The van der Waals surface area contributed by atoms with Crippen LogP contribution in [-0.2, 0) is 4.74 Å². The van der Waals surface area contributed by atoms with Gasteiger partial charge >= 0.3 is 0 Å². The standard InChI is InChI=1S/C23H35FOS/c1-2-25-19-21-26-20-13-11-9-7-5-3-4-6-8-10-12-14-22-15-17-23(24)18-16-22/h15-18H,2-11,13,19-21H2,1H3. The van der Waals surface area contributed by atoms with Crippen LogP contribution in [0.5, 0.6) is 0 Å². The fourth-order valence-electron chi connectivity index (χ4n) is 2.72. The van der Waals surface area contributed by atoms with Crippen LogP contribution in [-0.4, -0.2) is 24.7 Å². The van der Waals surface area contributed by atoms with Gasteiger partial charge in [-0.1, -0.05) is 56.8 Å². The third kappa shape index (κ3) is 14.2. The van der Waals surface area contributed by atoms with Crippen molar-refractivity contribution in [1.82, 2.24) is 0 Å². The lowest BCUT2D eigenvalue weighted by atomic mass is 10.1. The Balaban J connectivity index is 1.79. The molecule has 26 heavy (non-hydrogen) atoms. The number of hydrogen-bond donors (Lipinski definition) is 0. The molecule has 0 atom stereocenters. The Labute approximate surface area is 164 Å². The summed E-state index contributed by atoms with van der Waals surface area (Å²) in [5, 5.41) is 0. The molecule has 1 aromatic rings. The molecule has 0 radical (unpaired) electrons. The lowest BCUT2D eigenvalue weighted by Crippen LogP contribution is -1.96. The van der Waals surface area contributed by atoms with E-state index in [0.717, 1.165) is 31.0 Å². The van der Waals surface area contributed by atoms with E-state index in [1.165, 1.54) is 75.7 Å². The van der Waals surface area contributed by atoms with Gasteiger partial charge in [0.15, 0.2) is 0 Å². The summed E-state index contributed by atoms with van der Waals surface area (Å²) in [6.07, 6.45) is 12.9. The molecule has 1 nitrogen and oxygen atoms in total. The number of rotatable bonds is 15. The Bertz CT molecular complexity index is 489. The Morgan fingerprint density at radius 3 is 2.12 bits per heavy atom. The van der Waals surface area contributed by atoms with Gasteiger partial charge in [0.05, 0.1) is 6.61 Å². The minimum atomic E-state index is -0.202. The lowest BCUT2D eigenvalue weighted by Gasteiger charge is -2.03. The van der Waals surface area contributed by atoms with Crippen LogP contribution in [0.3, 0.4) is 0 Å². The zero-order chi connectivity index (χ0) is 18.7. The van der Waals surface area contributed by atoms with Crippen molar-refractivity contribution in [2.24, 2.45) is 0 Å². The molecule has 0 unspecified atom stereocenters. The van der Waals surface area contributed by atoms with Crippen LogP contribution < -0.4 is 0 Å². The average molecular weight is 379 g/mol. The van der Waals surface area contributed by atoms with Gasteiger partial charge in [-0.15, -0.1) is 0 Å². The Morgan fingerprint density at radius 2 is 1.46 bits per heavy atom. The summed E-state index contributed by atoms with van der Waals surface area (Å²) in [4.78, 5) is 0. The van der Waals surface area contributed by atoms with Gasteiger partial charge in [0, 0.05) is 24.3 Å². The molecule has 146 valence electrons. The molecule has 1 aromatic carbocycles. The first-order valence-electron chi connectivity index (χ1n) is 10.2. The van der Waals surface area contributed by atoms with Gasteiger partial charge in [-0.2, -0.15) is 11.8 Å². The van der Waals surface area contributed by atoms with Gasteiger partial charge in [-0.3, -0.25) is 0 Å². The molecule has 0 fully saturated rings. The van der Waals surface area contributed by atoms with Crippen molar-refractivity contribution in [2.75, 3.05) is 24.7 Å². The molecule has 0 aliphatic heterocycles. The molecule has 0 spiro atoms.